The van der Waals surface area contributed by atoms with Crippen molar-refractivity contribution in [2.75, 3.05) is 18.4 Å². The standard InChI is InChI=1S/C20H22F3N3OS/c21-20(22,23)14-6-4-13(5-7-14)16-10-17(16)18(27)25-19-24-15(12-28-19)11-26-8-2-1-3-9-26/h4-7,12,16-17H,1-3,8-11H2,(H,24,25,27). The molecule has 2 atom stereocenters. The Morgan fingerprint density at radius 1 is 1.18 bits per heavy atom. The topological polar surface area (TPSA) is 45.2 Å². The summed E-state index contributed by atoms with van der Waals surface area (Å²) >= 11 is 1.42. The summed E-state index contributed by atoms with van der Waals surface area (Å²) in [4.78, 5) is 19.3. The van der Waals surface area contributed by atoms with Crippen LogP contribution in [0.15, 0.2) is 29.6 Å². The second-order valence-electron chi connectivity index (χ2n) is 7.54. The molecule has 1 saturated heterocycles. The van der Waals surface area contributed by atoms with Gasteiger partial charge in [-0.25, -0.2) is 4.98 Å². The molecule has 4 nitrogen and oxygen atoms in total. The van der Waals surface area contributed by atoms with E-state index in [1.54, 1.807) is 0 Å². The molecule has 1 aromatic heterocycles. The van der Waals surface area contributed by atoms with Crippen molar-refractivity contribution in [1.29, 1.82) is 0 Å². The maximum Gasteiger partial charge on any atom is 0.416 e. The molecule has 1 aromatic carbocycles. The summed E-state index contributed by atoms with van der Waals surface area (Å²) in [7, 11) is 0. The number of carbonyl (C=O) groups is 1. The maximum absolute atomic E-state index is 12.7. The number of benzene rings is 1. The first kappa shape index (κ1) is 19.4. The smallest absolute Gasteiger partial charge is 0.302 e. The fourth-order valence-electron chi connectivity index (χ4n) is 3.75. The van der Waals surface area contributed by atoms with Gasteiger partial charge in [-0.15, -0.1) is 11.3 Å². The first-order valence-electron chi connectivity index (χ1n) is 9.55. The van der Waals surface area contributed by atoms with Gasteiger partial charge in [0.25, 0.3) is 0 Å². The van der Waals surface area contributed by atoms with Crippen LogP contribution in [0.5, 0.6) is 0 Å². The van der Waals surface area contributed by atoms with Crippen LogP contribution in [0.3, 0.4) is 0 Å². The van der Waals surface area contributed by atoms with Gasteiger partial charge in [-0.3, -0.25) is 9.69 Å². The fourth-order valence-corrected chi connectivity index (χ4v) is 4.46. The SMILES string of the molecule is O=C(Nc1nc(CN2CCCCC2)cs1)C1CC1c1ccc(C(F)(F)F)cc1. The largest absolute Gasteiger partial charge is 0.416 e. The molecule has 0 radical (unpaired) electrons. The van der Waals surface area contributed by atoms with Gasteiger partial charge in [0.15, 0.2) is 5.13 Å². The molecule has 150 valence electrons. The van der Waals surface area contributed by atoms with E-state index >= 15 is 0 Å². The van der Waals surface area contributed by atoms with E-state index in [1.807, 2.05) is 5.38 Å². The summed E-state index contributed by atoms with van der Waals surface area (Å²) < 4.78 is 38.0. The number of hydrogen-bond donors (Lipinski definition) is 1. The van der Waals surface area contributed by atoms with Crippen molar-refractivity contribution in [3.05, 3.63) is 46.5 Å². The minimum absolute atomic E-state index is 0.0185. The highest BCUT2D eigenvalue weighted by molar-refractivity contribution is 7.13. The Labute approximate surface area is 165 Å². The average Bonchev–Trinajstić information content (AvgIpc) is 3.37. The van der Waals surface area contributed by atoms with Gasteiger partial charge in [0.05, 0.1) is 11.3 Å². The summed E-state index contributed by atoms with van der Waals surface area (Å²) in [5, 5.41) is 5.44. The van der Waals surface area contributed by atoms with Crippen molar-refractivity contribution in [1.82, 2.24) is 9.88 Å². The third-order valence-electron chi connectivity index (χ3n) is 5.41. The number of thiazole rings is 1. The first-order chi connectivity index (χ1) is 13.4. The zero-order valence-electron chi connectivity index (χ0n) is 15.3. The molecule has 8 heteroatoms. The second-order valence-corrected chi connectivity index (χ2v) is 8.40. The van der Waals surface area contributed by atoms with Crippen molar-refractivity contribution in [2.45, 2.75) is 44.3 Å². The molecular weight excluding hydrogens is 387 g/mol. The molecule has 2 fully saturated rings. The number of hydrogen-bond acceptors (Lipinski definition) is 4. The predicted molar refractivity (Wildman–Crippen MR) is 102 cm³/mol. The quantitative estimate of drug-likeness (QED) is 0.765. The van der Waals surface area contributed by atoms with E-state index in [-0.39, 0.29) is 17.7 Å². The number of rotatable bonds is 5. The minimum Gasteiger partial charge on any atom is -0.302 e. The third-order valence-corrected chi connectivity index (χ3v) is 6.22. The van der Waals surface area contributed by atoms with E-state index in [2.05, 4.69) is 15.2 Å². The van der Waals surface area contributed by atoms with Crippen molar-refractivity contribution >= 4 is 22.4 Å². The number of nitrogens with one attached hydrogen (secondary N) is 1. The van der Waals surface area contributed by atoms with E-state index in [1.165, 1.54) is 42.7 Å². The second kappa shape index (κ2) is 7.83. The third kappa shape index (κ3) is 4.55. The number of likely N-dealkylation sites (tertiary alicyclic amines) is 1. The Morgan fingerprint density at radius 3 is 2.57 bits per heavy atom. The van der Waals surface area contributed by atoms with Gasteiger partial charge in [0.1, 0.15) is 0 Å². The van der Waals surface area contributed by atoms with Crippen LogP contribution < -0.4 is 5.32 Å². The van der Waals surface area contributed by atoms with Crippen molar-refractivity contribution in [3.8, 4) is 0 Å². The minimum atomic E-state index is -4.34. The lowest BCUT2D eigenvalue weighted by molar-refractivity contribution is -0.137. The molecule has 1 aliphatic carbocycles. The van der Waals surface area contributed by atoms with Crippen LogP contribution >= 0.6 is 11.3 Å². The fraction of sp³-hybridized carbons (Fsp3) is 0.500. The van der Waals surface area contributed by atoms with Gasteiger partial charge in [-0.1, -0.05) is 18.6 Å². The lowest BCUT2D eigenvalue weighted by Gasteiger charge is -2.25. The van der Waals surface area contributed by atoms with Crippen LogP contribution in [0.25, 0.3) is 0 Å². The summed E-state index contributed by atoms with van der Waals surface area (Å²) in [5.74, 6) is -0.329. The van der Waals surface area contributed by atoms with E-state index in [9.17, 15) is 18.0 Å². The summed E-state index contributed by atoms with van der Waals surface area (Å²) in [6, 6.07) is 5.11. The van der Waals surface area contributed by atoms with E-state index in [0.717, 1.165) is 43.0 Å². The summed E-state index contributed by atoms with van der Waals surface area (Å²) in [6.45, 7) is 3.00. The summed E-state index contributed by atoms with van der Waals surface area (Å²) in [6.07, 6.45) is 0.0522. The Balaban J connectivity index is 1.30. The molecule has 0 bridgehead atoms. The van der Waals surface area contributed by atoms with Crippen LogP contribution in [-0.2, 0) is 17.5 Å². The molecule has 28 heavy (non-hydrogen) atoms. The zero-order valence-corrected chi connectivity index (χ0v) is 16.2. The lowest BCUT2D eigenvalue weighted by atomic mass is 10.1. The summed E-state index contributed by atoms with van der Waals surface area (Å²) in [5.41, 5.74) is 1.08. The zero-order chi connectivity index (χ0) is 19.7. The highest BCUT2D eigenvalue weighted by atomic mass is 32.1. The van der Waals surface area contributed by atoms with E-state index in [4.69, 9.17) is 0 Å². The van der Waals surface area contributed by atoms with Crippen LogP contribution in [-0.4, -0.2) is 28.9 Å². The molecule has 1 aliphatic heterocycles. The van der Waals surface area contributed by atoms with E-state index in [0.29, 0.717) is 11.6 Å². The number of amides is 1. The van der Waals surface area contributed by atoms with E-state index < -0.39 is 11.7 Å². The number of carbonyl (C=O) groups excluding carboxylic acids is 1. The Morgan fingerprint density at radius 2 is 1.89 bits per heavy atom. The molecular formula is C20H22F3N3OS. The van der Waals surface area contributed by atoms with Gasteiger partial charge in [-0.05, 0) is 56.0 Å². The normalized spacial score (nSPS) is 22.8. The van der Waals surface area contributed by atoms with Gasteiger partial charge < -0.3 is 5.32 Å². The number of alkyl halides is 3. The van der Waals surface area contributed by atoms with Crippen LogP contribution in [0.4, 0.5) is 18.3 Å². The van der Waals surface area contributed by atoms with Gasteiger partial charge >= 0.3 is 6.18 Å². The van der Waals surface area contributed by atoms with Gasteiger partial charge in [0, 0.05) is 17.8 Å². The highest BCUT2D eigenvalue weighted by Crippen LogP contribution is 2.48. The molecule has 4 rings (SSSR count). The van der Waals surface area contributed by atoms with Crippen molar-refractivity contribution < 1.29 is 18.0 Å². The molecule has 2 aliphatic rings. The molecule has 1 N–H and O–H groups in total. The first-order valence-corrected chi connectivity index (χ1v) is 10.4. The molecule has 1 saturated carbocycles. The molecule has 2 heterocycles. The predicted octanol–water partition coefficient (Wildman–Crippen LogP) is 4.89. The van der Waals surface area contributed by atoms with Crippen LogP contribution in [0, 0.1) is 5.92 Å². The molecule has 2 aromatic rings. The average molecular weight is 409 g/mol. The van der Waals surface area contributed by atoms with Crippen molar-refractivity contribution in [3.63, 3.8) is 0 Å². The van der Waals surface area contributed by atoms with Crippen LogP contribution in [0.2, 0.25) is 0 Å². The number of piperidine rings is 1. The number of anilines is 1. The maximum atomic E-state index is 12.7. The Kier molecular flexibility index (Phi) is 5.42. The number of halogens is 3. The van der Waals surface area contributed by atoms with Crippen LogP contribution in [0.1, 0.15) is 48.4 Å². The van der Waals surface area contributed by atoms with Gasteiger partial charge in [-0.2, -0.15) is 13.2 Å². The molecule has 2 unspecified atom stereocenters. The highest BCUT2D eigenvalue weighted by Gasteiger charge is 2.44. The van der Waals surface area contributed by atoms with Gasteiger partial charge in [0.2, 0.25) is 5.91 Å². The number of nitrogens with zero attached hydrogens (tertiary/aromatic N) is 2. The van der Waals surface area contributed by atoms with Crippen molar-refractivity contribution in [2.24, 2.45) is 5.92 Å². The molecule has 1 amide bonds. The Bertz CT molecular complexity index is 828. The lowest BCUT2D eigenvalue weighted by Crippen LogP contribution is -2.29. The monoisotopic (exact) mass is 409 g/mol. The molecule has 0 spiro atoms. The Hall–Kier alpha value is -1.93. The number of aromatic nitrogens is 1.